The Bertz CT molecular complexity index is 789. The minimum atomic E-state index is -0.727. The van der Waals surface area contributed by atoms with Crippen LogP contribution in [0, 0.1) is 0 Å². The van der Waals surface area contributed by atoms with Crippen LogP contribution in [0.3, 0.4) is 0 Å². The highest BCUT2D eigenvalue weighted by Crippen LogP contribution is 2.31. The quantitative estimate of drug-likeness (QED) is 0.806. The molecule has 1 aliphatic rings. The van der Waals surface area contributed by atoms with Gasteiger partial charge in [-0.05, 0) is 46.1 Å². The monoisotopic (exact) mass is 357 g/mol. The molecule has 3 rings (SSSR count). The number of fused-ring (bicyclic) bond motifs is 1. The summed E-state index contributed by atoms with van der Waals surface area (Å²) in [6, 6.07) is 13.8. The van der Waals surface area contributed by atoms with Crippen LogP contribution in [0.25, 0.3) is 10.8 Å². The third kappa shape index (κ3) is 3.93. The molecule has 0 aromatic heterocycles. The fourth-order valence-corrected chi connectivity index (χ4v) is 3.19. The molecule has 2 aromatic carbocycles. The molecule has 5 heteroatoms. The van der Waals surface area contributed by atoms with Gasteiger partial charge in [-0.3, -0.25) is 4.90 Å². The zero-order valence-electron chi connectivity index (χ0n) is 16.1. The molecule has 0 aliphatic carbocycles. The van der Waals surface area contributed by atoms with E-state index < -0.39 is 11.3 Å². The molecule has 5 nitrogen and oxygen atoms in total. The van der Waals surface area contributed by atoms with Gasteiger partial charge in [-0.2, -0.15) is 0 Å². The van der Waals surface area contributed by atoms with Crippen LogP contribution in [0.1, 0.15) is 34.6 Å². The van der Waals surface area contributed by atoms with E-state index in [4.69, 9.17) is 14.2 Å². The second-order valence-corrected chi connectivity index (χ2v) is 8.05. The number of rotatable bonds is 3. The predicted octanol–water partition coefficient (Wildman–Crippen LogP) is 4.59. The van der Waals surface area contributed by atoms with Crippen LogP contribution in [-0.2, 0) is 9.47 Å². The van der Waals surface area contributed by atoms with Crippen molar-refractivity contribution in [1.82, 2.24) is 4.90 Å². The lowest BCUT2D eigenvalue weighted by molar-refractivity contribution is -0.0637. The van der Waals surface area contributed by atoms with Gasteiger partial charge in [-0.25, -0.2) is 4.79 Å². The van der Waals surface area contributed by atoms with Crippen LogP contribution >= 0.6 is 0 Å². The lowest BCUT2D eigenvalue weighted by atomic mass is 10.1. The molecule has 1 atom stereocenters. The number of carbonyl (C=O) groups excluding carboxylic acids is 1. The minimum Gasteiger partial charge on any atom is -0.491 e. The maximum absolute atomic E-state index is 12.7. The standard InChI is InChI=1S/C21H27NO4/c1-20(2,3)26-19(23)22-16(14-25-21(22,4)5)13-24-18-12-8-10-15-9-6-7-11-17(15)18/h6-12,16H,13-14H2,1-5H3/t16-/m0/s1. The molecule has 0 N–H and O–H groups in total. The Labute approximate surface area is 154 Å². The molecule has 1 heterocycles. The summed E-state index contributed by atoms with van der Waals surface area (Å²) in [5.41, 5.74) is -1.29. The van der Waals surface area contributed by atoms with Crippen molar-refractivity contribution >= 4 is 16.9 Å². The summed E-state index contributed by atoms with van der Waals surface area (Å²) < 4.78 is 17.5. The largest absolute Gasteiger partial charge is 0.491 e. The molecular formula is C21H27NO4. The van der Waals surface area contributed by atoms with Gasteiger partial charge in [0.15, 0.2) is 0 Å². The maximum atomic E-state index is 12.7. The van der Waals surface area contributed by atoms with Gasteiger partial charge in [-0.1, -0.05) is 36.4 Å². The molecule has 0 bridgehead atoms. The first-order chi connectivity index (χ1) is 12.2. The average Bonchev–Trinajstić information content (AvgIpc) is 2.86. The topological polar surface area (TPSA) is 48.0 Å². The zero-order chi connectivity index (χ0) is 18.9. The van der Waals surface area contributed by atoms with Crippen molar-refractivity contribution < 1.29 is 19.0 Å². The van der Waals surface area contributed by atoms with Crippen molar-refractivity contribution in [2.45, 2.75) is 52.0 Å². The van der Waals surface area contributed by atoms with Crippen LogP contribution in [0.5, 0.6) is 5.75 Å². The molecule has 0 unspecified atom stereocenters. The van der Waals surface area contributed by atoms with E-state index in [1.54, 1.807) is 4.90 Å². The first kappa shape index (κ1) is 18.5. The summed E-state index contributed by atoms with van der Waals surface area (Å²) >= 11 is 0. The molecule has 0 spiro atoms. The lowest BCUT2D eigenvalue weighted by Crippen LogP contribution is -2.51. The van der Waals surface area contributed by atoms with Crippen molar-refractivity contribution in [3.05, 3.63) is 42.5 Å². The SMILES string of the molecule is CC(C)(C)OC(=O)N1[C@@H](COc2cccc3ccccc23)COC1(C)C. The number of amides is 1. The average molecular weight is 357 g/mol. The van der Waals surface area contributed by atoms with E-state index in [-0.39, 0.29) is 12.1 Å². The number of nitrogens with zero attached hydrogens (tertiary/aromatic N) is 1. The van der Waals surface area contributed by atoms with Crippen molar-refractivity contribution in [1.29, 1.82) is 0 Å². The van der Waals surface area contributed by atoms with E-state index in [9.17, 15) is 4.79 Å². The third-order valence-electron chi connectivity index (χ3n) is 4.35. The zero-order valence-corrected chi connectivity index (χ0v) is 16.1. The smallest absolute Gasteiger partial charge is 0.413 e. The van der Waals surface area contributed by atoms with E-state index >= 15 is 0 Å². The number of carbonyl (C=O) groups is 1. The number of ether oxygens (including phenoxy) is 3. The first-order valence-electron chi connectivity index (χ1n) is 8.94. The van der Waals surface area contributed by atoms with Crippen LogP contribution in [0.15, 0.2) is 42.5 Å². The molecule has 1 aliphatic heterocycles. The van der Waals surface area contributed by atoms with Crippen LogP contribution in [-0.4, -0.2) is 41.6 Å². The van der Waals surface area contributed by atoms with Crippen molar-refractivity contribution in [3.8, 4) is 5.75 Å². The van der Waals surface area contributed by atoms with E-state index in [0.29, 0.717) is 13.2 Å². The Morgan fingerprint density at radius 2 is 1.88 bits per heavy atom. The molecule has 0 saturated carbocycles. The fraction of sp³-hybridized carbons (Fsp3) is 0.476. The molecule has 2 aromatic rings. The van der Waals surface area contributed by atoms with Gasteiger partial charge in [0.2, 0.25) is 0 Å². The van der Waals surface area contributed by atoms with Gasteiger partial charge < -0.3 is 14.2 Å². The second kappa shape index (κ2) is 6.80. The fourth-order valence-electron chi connectivity index (χ4n) is 3.19. The van der Waals surface area contributed by atoms with Crippen LogP contribution in [0.2, 0.25) is 0 Å². The highest BCUT2D eigenvalue weighted by molar-refractivity contribution is 5.88. The predicted molar refractivity (Wildman–Crippen MR) is 101 cm³/mol. The van der Waals surface area contributed by atoms with Crippen LogP contribution < -0.4 is 4.74 Å². The summed E-state index contributed by atoms with van der Waals surface area (Å²) in [5.74, 6) is 0.803. The summed E-state index contributed by atoms with van der Waals surface area (Å²) in [6.07, 6.45) is -0.383. The molecule has 1 saturated heterocycles. The van der Waals surface area contributed by atoms with Gasteiger partial charge >= 0.3 is 6.09 Å². The van der Waals surface area contributed by atoms with Crippen molar-refractivity contribution in [2.75, 3.05) is 13.2 Å². The van der Waals surface area contributed by atoms with Gasteiger partial charge in [0.1, 0.15) is 23.7 Å². The van der Waals surface area contributed by atoms with Gasteiger partial charge in [0, 0.05) is 5.39 Å². The van der Waals surface area contributed by atoms with E-state index in [1.165, 1.54) is 0 Å². The Kier molecular flexibility index (Phi) is 4.84. The number of hydrogen-bond acceptors (Lipinski definition) is 4. The summed E-state index contributed by atoms with van der Waals surface area (Å²) in [6.45, 7) is 10.1. The maximum Gasteiger partial charge on any atom is 0.413 e. The number of benzene rings is 2. The Hall–Kier alpha value is -2.27. The molecule has 26 heavy (non-hydrogen) atoms. The Morgan fingerprint density at radius 1 is 1.19 bits per heavy atom. The first-order valence-corrected chi connectivity index (χ1v) is 8.94. The van der Waals surface area contributed by atoms with Gasteiger partial charge in [-0.15, -0.1) is 0 Å². The van der Waals surface area contributed by atoms with Crippen molar-refractivity contribution in [3.63, 3.8) is 0 Å². The highest BCUT2D eigenvalue weighted by Gasteiger charge is 2.46. The summed E-state index contributed by atoms with van der Waals surface area (Å²) in [7, 11) is 0. The number of hydrogen-bond donors (Lipinski definition) is 0. The van der Waals surface area contributed by atoms with E-state index in [1.807, 2.05) is 65.0 Å². The summed E-state index contributed by atoms with van der Waals surface area (Å²) in [5, 5.41) is 2.17. The Morgan fingerprint density at radius 3 is 2.62 bits per heavy atom. The molecular weight excluding hydrogens is 330 g/mol. The Balaban J connectivity index is 1.76. The minimum absolute atomic E-state index is 0.209. The third-order valence-corrected chi connectivity index (χ3v) is 4.35. The van der Waals surface area contributed by atoms with Gasteiger partial charge in [0.25, 0.3) is 0 Å². The summed E-state index contributed by atoms with van der Waals surface area (Å²) in [4.78, 5) is 14.3. The van der Waals surface area contributed by atoms with Gasteiger partial charge in [0.05, 0.1) is 12.6 Å². The van der Waals surface area contributed by atoms with E-state index in [2.05, 4.69) is 12.1 Å². The molecule has 140 valence electrons. The lowest BCUT2D eigenvalue weighted by Gasteiger charge is -2.35. The molecule has 0 radical (unpaired) electrons. The van der Waals surface area contributed by atoms with Crippen LogP contribution in [0.4, 0.5) is 4.79 Å². The normalized spacial score (nSPS) is 19.6. The highest BCUT2D eigenvalue weighted by atomic mass is 16.6. The molecule has 1 amide bonds. The van der Waals surface area contributed by atoms with Crippen molar-refractivity contribution in [2.24, 2.45) is 0 Å². The van der Waals surface area contributed by atoms with E-state index in [0.717, 1.165) is 16.5 Å². The second-order valence-electron chi connectivity index (χ2n) is 8.05. The molecule has 1 fully saturated rings.